The molecule has 1 heterocycles. The molecule has 0 aromatic carbocycles. The van der Waals surface area contributed by atoms with Crippen LogP contribution in [0.1, 0.15) is 27.2 Å². The van der Waals surface area contributed by atoms with Crippen LogP contribution in [0.5, 0.6) is 0 Å². The predicted octanol–water partition coefficient (Wildman–Crippen LogP) is 0.228. The van der Waals surface area contributed by atoms with E-state index in [0.29, 0.717) is 0 Å². The number of nitrogens with one attached hydrogen (secondary N) is 1. The van der Waals surface area contributed by atoms with Crippen molar-refractivity contribution in [2.24, 2.45) is 0 Å². The highest BCUT2D eigenvalue weighted by molar-refractivity contribution is 6.02. The van der Waals surface area contributed by atoms with Crippen LogP contribution in [-0.4, -0.2) is 34.9 Å². The first-order valence-corrected chi connectivity index (χ1v) is 4.59. The normalized spacial score (nSPS) is 17.4. The molecule has 84 valence electrons. The van der Waals surface area contributed by atoms with Crippen LogP contribution in [0, 0.1) is 0 Å². The van der Waals surface area contributed by atoms with E-state index in [1.54, 1.807) is 20.8 Å². The predicted molar refractivity (Wildman–Crippen MR) is 50.7 cm³/mol. The summed E-state index contributed by atoms with van der Waals surface area (Å²) >= 11 is 0. The van der Waals surface area contributed by atoms with Crippen molar-refractivity contribution in [1.82, 2.24) is 10.4 Å². The van der Waals surface area contributed by atoms with Gasteiger partial charge in [0, 0.05) is 0 Å². The Bertz CT molecular complexity index is 290. The van der Waals surface area contributed by atoms with Crippen molar-refractivity contribution >= 4 is 17.8 Å². The fraction of sp³-hybridized carbons (Fsp3) is 0.667. The van der Waals surface area contributed by atoms with Crippen LogP contribution < -0.4 is 5.43 Å². The number of rotatable bonds is 0. The Morgan fingerprint density at radius 1 is 1.40 bits per heavy atom. The molecule has 1 fully saturated rings. The van der Waals surface area contributed by atoms with Crippen LogP contribution in [0.2, 0.25) is 0 Å². The van der Waals surface area contributed by atoms with E-state index in [4.69, 9.17) is 4.74 Å². The van der Waals surface area contributed by atoms with Gasteiger partial charge in [0.15, 0.2) is 5.78 Å². The van der Waals surface area contributed by atoms with Gasteiger partial charge >= 0.3 is 6.09 Å². The number of carbonyl (C=O) groups excluding carboxylic acids is 3. The molecule has 2 amide bonds. The first-order chi connectivity index (χ1) is 6.78. The minimum atomic E-state index is -0.719. The van der Waals surface area contributed by atoms with E-state index in [9.17, 15) is 14.4 Å². The second-order valence-electron chi connectivity index (χ2n) is 4.32. The van der Waals surface area contributed by atoms with Gasteiger partial charge in [0.1, 0.15) is 12.1 Å². The average Bonchev–Trinajstić information content (AvgIpc) is 1.98. The topological polar surface area (TPSA) is 75.7 Å². The summed E-state index contributed by atoms with van der Waals surface area (Å²) in [5.74, 6) is -0.790. The number of nitrogens with zero attached hydrogens (tertiary/aromatic N) is 1. The molecule has 0 aliphatic carbocycles. The van der Waals surface area contributed by atoms with Gasteiger partial charge in [-0.3, -0.25) is 15.0 Å². The quantitative estimate of drug-likeness (QED) is 0.585. The molecule has 0 unspecified atom stereocenters. The summed E-state index contributed by atoms with van der Waals surface area (Å²) in [6.07, 6.45) is -0.900. The van der Waals surface area contributed by atoms with Crippen molar-refractivity contribution in [2.45, 2.75) is 32.8 Å². The third kappa shape index (κ3) is 3.57. The summed E-state index contributed by atoms with van der Waals surface area (Å²) in [6.45, 7) is 4.98. The molecule has 0 spiro atoms. The summed E-state index contributed by atoms with van der Waals surface area (Å²) in [7, 11) is 0. The molecule has 6 nitrogen and oxygen atoms in total. The molecular formula is C9H14N2O4. The molecule has 1 aliphatic rings. The molecular weight excluding hydrogens is 200 g/mol. The van der Waals surface area contributed by atoms with Gasteiger partial charge in [0.2, 0.25) is 5.91 Å². The average molecular weight is 214 g/mol. The highest BCUT2D eigenvalue weighted by atomic mass is 16.6. The molecule has 15 heavy (non-hydrogen) atoms. The van der Waals surface area contributed by atoms with Crippen molar-refractivity contribution in [3.63, 3.8) is 0 Å². The number of hydrogen-bond acceptors (Lipinski definition) is 4. The molecule has 1 saturated heterocycles. The highest BCUT2D eigenvalue weighted by Gasteiger charge is 2.29. The van der Waals surface area contributed by atoms with Crippen LogP contribution >= 0.6 is 0 Å². The lowest BCUT2D eigenvalue weighted by Crippen LogP contribution is -2.54. The largest absolute Gasteiger partial charge is 0.442 e. The number of amides is 2. The molecule has 0 aromatic heterocycles. The zero-order valence-electron chi connectivity index (χ0n) is 8.99. The third-order valence-electron chi connectivity index (χ3n) is 1.57. The van der Waals surface area contributed by atoms with Gasteiger partial charge in [-0.2, -0.15) is 0 Å². The van der Waals surface area contributed by atoms with Crippen LogP contribution in [0.3, 0.4) is 0 Å². The zero-order valence-corrected chi connectivity index (χ0v) is 8.99. The highest BCUT2D eigenvalue weighted by Crippen LogP contribution is 2.10. The fourth-order valence-corrected chi connectivity index (χ4v) is 1.07. The molecule has 0 saturated carbocycles. The second-order valence-corrected chi connectivity index (χ2v) is 4.32. The van der Waals surface area contributed by atoms with E-state index in [0.717, 1.165) is 5.01 Å². The zero-order chi connectivity index (χ0) is 11.6. The van der Waals surface area contributed by atoms with Crippen molar-refractivity contribution in [3.05, 3.63) is 0 Å². The Morgan fingerprint density at radius 2 is 2.00 bits per heavy atom. The van der Waals surface area contributed by atoms with Gasteiger partial charge < -0.3 is 4.74 Å². The van der Waals surface area contributed by atoms with Gasteiger partial charge in [-0.25, -0.2) is 9.80 Å². The number of hydrogen-bond donors (Lipinski definition) is 1. The number of Topliss-reactive ketones (excluding diaryl/α,β-unsaturated/α-hetero) is 1. The van der Waals surface area contributed by atoms with Crippen LogP contribution in [0.25, 0.3) is 0 Å². The Hall–Kier alpha value is -1.59. The van der Waals surface area contributed by atoms with E-state index in [2.05, 4.69) is 5.43 Å². The van der Waals surface area contributed by atoms with Crippen molar-refractivity contribution in [2.75, 3.05) is 6.54 Å². The second kappa shape index (κ2) is 3.88. The smallest absolute Gasteiger partial charge is 0.429 e. The van der Waals surface area contributed by atoms with Crippen LogP contribution in [0.15, 0.2) is 0 Å². The summed E-state index contributed by atoms with van der Waals surface area (Å²) in [5.41, 5.74) is 1.62. The first kappa shape index (κ1) is 11.5. The lowest BCUT2D eigenvalue weighted by molar-refractivity contribution is -0.137. The van der Waals surface area contributed by atoms with Crippen LogP contribution in [0.4, 0.5) is 4.79 Å². The SMILES string of the molecule is CC(C)(C)OC(=O)N1CC(=O)CC(=O)N1. The van der Waals surface area contributed by atoms with Crippen molar-refractivity contribution < 1.29 is 19.1 Å². The van der Waals surface area contributed by atoms with E-state index >= 15 is 0 Å². The maximum atomic E-state index is 11.4. The first-order valence-electron chi connectivity index (χ1n) is 4.59. The summed E-state index contributed by atoms with van der Waals surface area (Å²) < 4.78 is 4.99. The molecule has 6 heteroatoms. The van der Waals surface area contributed by atoms with Gasteiger partial charge in [-0.1, -0.05) is 0 Å². The van der Waals surface area contributed by atoms with Gasteiger partial charge in [-0.05, 0) is 20.8 Å². The number of ketones is 1. The number of hydrazine groups is 1. The summed E-state index contributed by atoms with van der Waals surface area (Å²) in [4.78, 5) is 33.5. The number of carbonyl (C=O) groups is 3. The van der Waals surface area contributed by atoms with Crippen molar-refractivity contribution in [3.8, 4) is 0 Å². The molecule has 1 N–H and O–H groups in total. The van der Waals surface area contributed by atoms with E-state index < -0.39 is 17.6 Å². The molecule has 0 atom stereocenters. The third-order valence-corrected chi connectivity index (χ3v) is 1.57. The fourth-order valence-electron chi connectivity index (χ4n) is 1.07. The minimum absolute atomic E-state index is 0.138. The minimum Gasteiger partial charge on any atom is -0.442 e. The monoisotopic (exact) mass is 214 g/mol. The van der Waals surface area contributed by atoms with Gasteiger partial charge in [0.05, 0.1) is 6.42 Å². The Labute approximate surface area is 87.5 Å². The molecule has 0 bridgehead atoms. The van der Waals surface area contributed by atoms with Crippen LogP contribution in [-0.2, 0) is 14.3 Å². The molecule has 1 aliphatic heterocycles. The standard InChI is InChI=1S/C9H14N2O4/c1-9(2,3)15-8(14)11-5-6(12)4-7(13)10-11/h4-5H2,1-3H3,(H,10,13). The maximum Gasteiger partial charge on any atom is 0.429 e. The Balaban J connectivity index is 2.60. The Kier molecular flexibility index (Phi) is 2.97. The lowest BCUT2D eigenvalue weighted by Gasteiger charge is -2.29. The van der Waals surface area contributed by atoms with E-state index in [-0.39, 0.29) is 18.7 Å². The summed E-state index contributed by atoms with van der Waals surface area (Å²) in [5, 5.41) is 0.888. The number of ether oxygens (including phenoxy) is 1. The summed E-state index contributed by atoms with van der Waals surface area (Å²) in [6, 6.07) is 0. The van der Waals surface area contributed by atoms with Gasteiger partial charge in [0.25, 0.3) is 0 Å². The molecule has 0 aromatic rings. The molecule has 1 rings (SSSR count). The van der Waals surface area contributed by atoms with E-state index in [1.165, 1.54) is 0 Å². The lowest BCUT2D eigenvalue weighted by atomic mass is 10.2. The van der Waals surface area contributed by atoms with Gasteiger partial charge in [-0.15, -0.1) is 0 Å². The maximum absolute atomic E-state index is 11.4. The van der Waals surface area contributed by atoms with Crippen molar-refractivity contribution in [1.29, 1.82) is 0 Å². The Morgan fingerprint density at radius 3 is 2.47 bits per heavy atom. The molecule has 0 radical (unpaired) electrons. The van der Waals surface area contributed by atoms with E-state index in [1.807, 2.05) is 0 Å².